The van der Waals surface area contributed by atoms with Crippen LogP contribution >= 0.6 is 24.8 Å². The van der Waals surface area contributed by atoms with Crippen molar-refractivity contribution in [3.8, 4) is 0 Å². The number of methoxy groups -OCH3 is 1. The molecule has 2 rings (SSSR count). The summed E-state index contributed by atoms with van der Waals surface area (Å²) in [7, 11) is 1.60. The van der Waals surface area contributed by atoms with Gasteiger partial charge in [-0.2, -0.15) is 0 Å². The molecule has 0 aliphatic rings. The fourth-order valence-electron chi connectivity index (χ4n) is 2.10. The number of hydrogen-bond acceptors (Lipinski definition) is 5. The molecule has 0 saturated carbocycles. The van der Waals surface area contributed by atoms with Gasteiger partial charge in [0.15, 0.2) is 0 Å². The number of benzene rings is 1. The van der Waals surface area contributed by atoms with E-state index in [1.807, 2.05) is 18.2 Å². The first-order valence-corrected chi connectivity index (χ1v) is 7.96. The molecule has 0 saturated heterocycles. The Bertz CT molecular complexity index is 702. The van der Waals surface area contributed by atoms with Crippen LogP contribution in [-0.4, -0.2) is 43.6 Å². The summed E-state index contributed by atoms with van der Waals surface area (Å²) in [5.41, 5.74) is 1.83. The number of carbonyl (C=O) groups excluding carboxylic acids is 2. The Labute approximate surface area is 171 Å². The van der Waals surface area contributed by atoms with Gasteiger partial charge in [-0.15, -0.1) is 24.8 Å². The molecule has 148 valence electrons. The first-order chi connectivity index (χ1) is 12.2. The lowest BCUT2D eigenvalue weighted by Crippen LogP contribution is -2.30. The quantitative estimate of drug-likeness (QED) is 0.545. The zero-order valence-electron chi connectivity index (χ0n) is 14.9. The summed E-state index contributed by atoms with van der Waals surface area (Å²) in [6.45, 7) is 1.66. The number of anilines is 1. The van der Waals surface area contributed by atoms with Crippen molar-refractivity contribution in [2.45, 2.75) is 6.54 Å². The van der Waals surface area contributed by atoms with E-state index in [-0.39, 0.29) is 43.2 Å². The highest BCUT2D eigenvalue weighted by molar-refractivity contribution is 5.97. The number of halogens is 2. The smallest absolute Gasteiger partial charge is 0.251 e. The number of aromatic nitrogens is 1. The number of ether oxygens (including phenoxy) is 1. The molecular weight excluding hydrogens is 391 g/mol. The van der Waals surface area contributed by atoms with Gasteiger partial charge in [-0.05, 0) is 30.3 Å². The summed E-state index contributed by atoms with van der Waals surface area (Å²) >= 11 is 0. The molecule has 0 aliphatic carbocycles. The summed E-state index contributed by atoms with van der Waals surface area (Å²) in [5, 5.41) is 8.52. The summed E-state index contributed by atoms with van der Waals surface area (Å²) in [6.07, 6.45) is 1.68. The van der Waals surface area contributed by atoms with Crippen molar-refractivity contribution in [1.82, 2.24) is 15.6 Å². The predicted molar refractivity (Wildman–Crippen MR) is 110 cm³/mol. The molecule has 0 atom stereocenters. The van der Waals surface area contributed by atoms with Crippen LogP contribution < -0.4 is 16.0 Å². The third-order valence-electron chi connectivity index (χ3n) is 3.33. The minimum Gasteiger partial charge on any atom is -0.383 e. The van der Waals surface area contributed by atoms with E-state index in [0.29, 0.717) is 30.9 Å². The maximum atomic E-state index is 12.2. The van der Waals surface area contributed by atoms with E-state index in [1.165, 1.54) is 0 Å². The molecule has 2 aromatic rings. The van der Waals surface area contributed by atoms with Crippen LogP contribution in [0.2, 0.25) is 0 Å². The molecule has 9 heteroatoms. The van der Waals surface area contributed by atoms with E-state index in [4.69, 9.17) is 4.74 Å². The molecular formula is C18H24Cl2N4O3. The monoisotopic (exact) mass is 414 g/mol. The van der Waals surface area contributed by atoms with E-state index < -0.39 is 0 Å². The summed E-state index contributed by atoms with van der Waals surface area (Å²) in [4.78, 5) is 28.2. The van der Waals surface area contributed by atoms with Gasteiger partial charge >= 0.3 is 0 Å². The second-order valence-corrected chi connectivity index (χ2v) is 5.30. The predicted octanol–water partition coefficient (Wildman–Crippen LogP) is 2.03. The van der Waals surface area contributed by atoms with Crippen molar-refractivity contribution in [2.24, 2.45) is 0 Å². The van der Waals surface area contributed by atoms with E-state index in [0.717, 1.165) is 5.69 Å². The van der Waals surface area contributed by atoms with E-state index >= 15 is 0 Å². The molecule has 2 amide bonds. The average molecular weight is 415 g/mol. The van der Waals surface area contributed by atoms with E-state index in [2.05, 4.69) is 20.9 Å². The topological polar surface area (TPSA) is 92.4 Å². The average Bonchev–Trinajstić information content (AvgIpc) is 2.64. The lowest BCUT2D eigenvalue weighted by molar-refractivity contribution is -0.115. The van der Waals surface area contributed by atoms with Gasteiger partial charge in [-0.25, -0.2) is 0 Å². The van der Waals surface area contributed by atoms with E-state index in [1.54, 1.807) is 37.6 Å². The highest BCUT2D eigenvalue weighted by Gasteiger charge is 2.08. The molecule has 27 heavy (non-hydrogen) atoms. The standard InChI is InChI=1S/C18H22N4O3.2ClH/c1-25-10-9-19-13-17(23)22-15-7-4-5-14(11-15)18(24)21-12-16-6-2-3-8-20-16;;/h2-8,11,19H,9-10,12-13H2,1H3,(H,21,24)(H,22,23);2*1H. The van der Waals surface area contributed by atoms with Crippen LogP contribution in [0.4, 0.5) is 5.69 Å². The van der Waals surface area contributed by atoms with Gasteiger partial charge in [0.1, 0.15) is 0 Å². The molecule has 0 unspecified atom stereocenters. The van der Waals surface area contributed by atoms with Crippen molar-refractivity contribution in [3.05, 3.63) is 59.9 Å². The minimum absolute atomic E-state index is 0. The molecule has 7 nitrogen and oxygen atoms in total. The Balaban J connectivity index is 0.00000338. The molecule has 0 bridgehead atoms. The highest BCUT2D eigenvalue weighted by atomic mass is 35.5. The van der Waals surface area contributed by atoms with Crippen LogP contribution in [0.25, 0.3) is 0 Å². The van der Waals surface area contributed by atoms with Crippen LogP contribution in [-0.2, 0) is 16.1 Å². The first-order valence-electron chi connectivity index (χ1n) is 7.96. The maximum Gasteiger partial charge on any atom is 0.251 e. The Morgan fingerprint density at radius 1 is 1.11 bits per heavy atom. The molecule has 0 fully saturated rings. The number of nitrogens with one attached hydrogen (secondary N) is 3. The molecule has 0 spiro atoms. The third kappa shape index (κ3) is 9.35. The fourth-order valence-corrected chi connectivity index (χ4v) is 2.10. The normalized spacial score (nSPS) is 9.52. The second-order valence-electron chi connectivity index (χ2n) is 5.30. The van der Waals surface area contributed by atoms with Crippen molar-refractivity contribution < 1.29 is 14.3 Å². The van der Waals surface area contributed by atoms with Crippen LogP contribution in [0.15, 0.2) is 48.7 Å². The van der Waals surface area contributed by atoms with Crippen molar-refractivity contribution in [2.75, 3.05) is 32.1 Å². The van der Waals surface area contributed by atoms with Crippen molar-refractivity contribution >= 4 is 42.3 Å². The van der Waals surface area contributed by atoms with Crippen LogP contribution in [0.3, 0.4) is 0 Å². The third-order valence-corrected chi connectivity index (χ3v) is 3.33. The van der Waals surface area contributed by atoms with Gasteiger partial charge in [-0.1, -0.05) is 12.1 Å². The van der Waals surface area contributed by atoms with Gasteiger partial charge in [0.25, 0.3) is 5.91 Å². The number of amides is 2. The molecule has 3 N–H and O–H groups in total. The number of nitrogens with zero attached hydrogens (tertiary/aromatic N) is 1. The Hall–Kier alpha value is -2.19. The van der Waals surface area contributed by atoms with Crippen molar-refractivity contribution in [1.29, 1.82) is 0 Å². The molecule has 1 heterocycles. The van der Waals surface area contributed by atoms with Crippen LogP contribution in [0.5, 0.6) is 0 Å². The highest BCUT2D eigenvalue weighted by Crippen LogP contribution is 2.10. The largest absolute Gasteiger partial charge is 0.383 e. The van der Waals surface area contributed by atoms with Gasteiger partial charge in [0.2, 0.25) is 5.91 Å². The summed E-state index contributed by atoms with van der Waals surface area (Å²) in [6, 6.07) is 12.3. The number of carbonyl (C=O) groups is 2. The Kier molecular flexibility index (Phi) is 12.8. The fraction of sp³-hybridized carbons (Fsp3) is 0.278. The van der Waals surface area contributed by atoms with Gasteiger partial charge in [0, 0.05) is 31.1 Å². The van der Waals surface area contributed by atoms with Crippen molar-refractivity contribution in [3.63, 3.8) is 0 Å². The lowest BCUT2D eigenvalue weighted by atomic mass is 10.2. The zero-order valence-corrected chi connectivity index (χ0v) is 16.6. The molecule has 1 aromatic heterocycles. The Morgan fingerprint density at radius 3 is 2.63 bits per heavy atom. The SMILES string of the molecule is COCCNCC(=O)Nc1cccc(C(=O)NCc2ccccn2)c1.Cl.Cl. The van der Waals surface area contributed by atoms with E-state index in [9.17, 15) is 9.59 Å². The first kappa shape index (κ1) is 24.8. The number of rotatable bonds is 9. The van der Waals surface area contributed by atoms with Gasteiger partial charge in [-0.3, -0.25) is 14.6 Å². The molecule has 0 radical (unpaired) electrons. The van der Waals surface area contributed by atoms with Crippen LogP contribution in [0.1, 0.15) is 16.1 Å². The maximum absolute atomic E-state index is 12.2. The van der Waals surface area contributed by atoms with Gasteiger partial charge < -0.3 is 20.7 Å². The van der Waals surface area contributed by atoms with Crippen LogP contribution in [0, 0.1) is 0 Å². The van der Waals surface area contributed by atoms with Gasteiger partial charge in [0.05, 0.1) is 25.4 Å². The lowest BCUT2D eigenvalue weighted by Gasteiger charge is -2.09. The summed E-state index contributed by atoms with van der Waals surface area (Å²) in [5.74, 6) is -0.401. The minimum atomic E-state index is -0.222. The molecule has 1 aromatic carbocycles. The molecule has 0 aliphatic heterocycles. The zero-order chi connectivity index (χ0) is 17.9. The number of pyridine rings is 1. The Morgan fingerprint density at radius 2 is 1.93 bits per heavy atom. The second kappa shape index (κ2) is 13.9. The number of hydrogen-bond donors (Lipinski definition) is 3. The summed E-state index contributed by atoms with van der Waals surface area (Å²) < 4.78 is 4.90.